The Hall–Kier alpha value is -2.24. The molecule has 2 aromatic carbocycles. The molecule has 0 spiro atoms. The van der Waals surface area contributed by atoms with Crippen molar-refractivity contribution >= 4 is 29.1 Å². The first kappa shape index (κ1) is 17.2. The van der Waals surface area contributed by atoms with Crippen molar-refractivity contribution in [3.05, 3.63) is 53.1 Å². The summed E-state index contributed by atoms with van der Waals surface area (Å²) in [6.45, 7) is 3.36. The molecule has 1 unspecified atom stereocenters. The van der Waals surface area contributed by atoms with Crippen LogP contribution < -0.4 is 15.0 Å². The van der Waals surface area contributed by atoms with E-state index in [1.54, 1.807) is 24.3 Å². The quantitative estimate of drug-likeness (QED) is 0.853. The van der Waals surface area contributed by atoms with E-state index in [9.17, 15) is 4.79 Å². The number of fused-ring (bicyclic) bond motifs is 3. The lowest BCUT2D eigenvalue weighted by molar-refractivity contribution is 0.215. The number of ether oxygens (including phenoxy) is 1. The Morgan fingerprint density at radius 1 is 1.23 bits per heavy atom. The zero-order chi connectivity index (χ0) is 18.5. The Balaban J connectivity index is 1.54. The van der Waals surface area contributed by atoms with Gasteiger partial charge in [-0.3, -0.25) is 10.2 Å². The molecule has 1 saturated heterocycles. The van der Waals surface area contributed by atoms with Crippen LogP contribution in [0.25, 0.3) is 0 Å². The summed E-state index contributed by atoms with van der Waals surface area (Å²) in [5.41, 5.74) is 3.13. The number of nitrogens with zero attached hydrogens (tertiary/aromatic N) is 2. The molecule has 1 fully saturated rings. The number of nitrogens with one attached hydrogen (secondary N) is 1. The molecule has 0 saturated carbocycles. The van der Waals surface area contributed by atoms with Crippen molar-refractivity contribution in [2.75, 3.05) is 30.9 Å². The van der Waals surface area contributed by atoms with Crippen molar-refractivity contribution < 1.29 is 9.53 Å². The number of carbonyl (C=O) groups excluding carboxylic acids is 1. The molecule has 26 heavy (non-hydrogen) atoms. The smallest absolute Gasteiger partial charge is 0.410 e. The first-order valence-electron chi connectivity index (χ1n) is 8.70. The Labute approximate surface area is 158 Å². The Bertz CT molecular complexity index is 855. The van der Waals surface area contributed by atoms with Gasteiger partial charge in [0.25, 0.3) is 0 Å². The summed E-state index contributed by atoms with van der Waals surface area (Å²) in [5.74, 6) is 0.556. The van der Waals surface area contributed by atoms with Gasteiger partial charge in [-0.25, -0.2) is 4.79 Å². The molecule has 1 N–H and O–H groups in total. The van der Waals surface area contributed by atoms with Crippen LogP contribution in [-0.2, 0) is 5.41 Å². The van der Waals surface area contributed by atoms with Crippen molar-refractivity contribution in [3.63, 3.8) is 0 Å². The largest absolute Gasteiger partial charge is 0.417 e. The fourth-order valence-electron chi connectivity index (χ4n) is 4.40. The maximum Gasteiger partial charge on any atom is 0.417 e. The summed E-state index contributed by atoms with van der Waals surface area (Å²) in [5, 5.41) is 3.34. The van der Waals surface area contributed by atoms with Crippen LogP contribution in [0, 0.1) is 0 Å². The van der Waals surface area contributed by atoms with E-state index in [0.29, 0.717) is 22.6 Å². The number of anilines is 2. The van der Waals surface area contributed by atoms with Crippen LogP contribution in [0.3, 0.4) is 0 Å². The molecule has 2 atom stereocenters. The molecule has 0 aliphatic carbocycles. The van der Waals surface area contributed by atoms with E-state index in [0.717, 1.165) is 13.0 Å². The molecule has 2 heterocycles. The van der Waals surface area contributed by atoms with Gasteiger partial charge in [0.05, 0.1) is 6.17 Å². The van der Waals surface area contributed by atoms with E-state index < -0.39 is 6.09 Å². The van der Waals surface area contributed by atoms with Crippen LogP contribution in [-0.4, -0.2) is 37.8 Å². The fourth-order valence-corrected chi connectivity index (χ4v) is 4.53. The Morgan fingerprint density at radius 3 is 2.69 bits per heavy atom. The molecule has 0 bridgehead atoms. The minimum Gasteiger partial charge on any atom is -0.410 e. The number of hydrogen-bond donors (Lipinski definition) is 1. The molecule has 136 valence electrons. The highest BCUT2D eigenvalue weighted by molar-refractivity contribution is 6.30. The average molecular weight is 372 g/mol. The van der Waals surface area contributed by atoms with Gasteiger partial charge >= 0.3 is 6.09 Å². The van der Waals surface area contributed by atoms with E-state index in [4.69, 9.17) is 16.3 Å². The second kappa shape index (κ2) is 6.18. The minimum absolute atomic E-state index is 0.0465. The van der Waals surface area contributed by atoms with Gasteiger partial charge in [-0.1, -0.05) is 18.5 Å². The molecular formula is C20H22ClN3O2. The lowest BCUT2D eigenvalue weighted by atomic mass is 9.81. The van der Waals surface area contributed by atoms with E-state index >= 15 is 0 Å². The standard InChI is InChI=1S/C20H22ClN3O2/c1-20-10-11-23(2)18(20)24(3)17-9-8-15(12-16(17)20)26-19(25)22-14-6-4-13(21)5-7-14/h4-9,12,18H,10-11H2,1-3H3,(H,22,25)/t18?,20-/m0/s1. The number of amides is 1. The van der Waals surface area contributed by atoms with Crippen molar-refractivity contribution in [2.24, 2.45) is 0 Å². The highest BCUT2D eigenvalue weighted by Crippen LogP contribution is 2.51. The highest BCUT2D eigenvalue weighted by atomic mass is 35.5. The normalized spacial score (nSPS) is 24.3. The highest BCUT2D eigenvalue weighted by Gasteiger charge is 2.52. The van der Waals surface area contributed by atoms with E-state index in [1.807, 2.05) is 18.2 Å². The number of benzene rings is 2. The fraction of sp³-hybridized carbons (Fsp3) is 0.350. The molecule has 5 nitrogen and oxygen atoms in total. The third-order valence-electron chi connectivity index (χ3n) is 5.60. The van der Waals surface area contributed by atoms with Crippen LogP contribution in [0.5, 0.6) is 5.75 Å². The number of likely N-dealkylation sites (N-methyl/N-ethyl adjacent to an activating group) is 2. The predicted molar refractivity (Wildman–Crippen MR) is 104 cm³/mol. The third kappa shape index (κ3) is 2.72. The maximum absolute atomic E-state index is 12.2. The van der Waals surface area contributed by atoms with Crippen LogP contribution in [0.2, 0.25) is 5.02 Å². The third-order valence-corrected chi connectivity index (χ3v) is 5.85. The Kier molecular flexibility index (Phi) is 4.09. The molecule has 0 aromatic heterocycles. The molecule has 6 heteroatoms. The van der Waals surface area contributed by atoms with Gasteiger partial charge in [0.1, 0.15) is 5.75 Å². The van der Waals surface area contributed by atoms with Crippen molar-refractivity contribution in [1.29, 1.82) is 0 Å². The van der Waals surface area contributed by atoms with Gasteiger partial charge < -0.3 is 9.64 Å². The van der Waals surface area contributed by atoms with E-state index in [-0.39, 0.29) is 5.41 Å². The summed E-state index contributed by atoms with van der Waals surface area (Å²) in [7, 11) is 4.29. The van der Waals surface area contributed by atoms with Crippen molar-refractivity contribution in [2.45, 2.75) is 24.9 Å². The molecule has 4 rings (SSSR count). The SMILES string of the molecule is CN1CC[C@@]2(C)c3cc(OC(=O)Nc4ccc(Cl)cc4)ccc3N(C)C12. The zero-order valence-corrected chi connectivity index (χ0v) is 15.9. The van der Waals surface area contributed by atoms with Crippen LogP contribution in [0.4, 0.5) is 16.2 Å². The molecule has 2 aliphatic heterocycles. The van der Waals surface area contributed by atoms with Gasteiger partial charge in [0.2, 0.25) is 0 Å². The second-order valence-corrected chi connectivity index (χ2v) is 7.77. The first-order valence-corrected chi connectivity index (χ1v) is 9.08. The molecular weight excluding hydrogens is 350 g/mol. The number of rotatable bonds is 2. The number of carbonyl (C=O) groups is 1. The summed E-state index contributed by atoms with van der Waals surface area (Å²) in [4.78, 5) is 16.9. The minimum atomic E-state index is -0.510. The van der Waals surface area contributed by atoms with Crippen molar-refractivity contribution in [3.8, 4) is 5.75 Å². The number of likely N-dealkylation sites (tertiary alicyclic amines) is 1. The Morgan fingerprint density at radius 2 is 1.96 bits per heavy atom. The van der Waals surface area contributed by atoms with Crippen LogP contribution in [0.15, 0.2) is 42.5 Å². The van der Waals surface area contributed by atoms with Gasteiger partial charge in [0, 0.05) is 35.4 Å². The lowest BCUT2D eigenvalue weighted by Crippen LogP contribution is -2.45. The van der Waals surface area contributed by atoms with Crippen LogP contribution >= 0.6 is 11.6 Å². The molecule has 2 aromatic rings. The first-order chi connectivity index (χ1) is 12.4. The zero-order valence-electron chi connectivity index (χ0n) is 15.1. The van der Waals surface area contributed by atoms with Gasteiger partial charge in [-0.15, -0.1) is 0 Å². The number of hydrogen-bond acceptors (Lipinski definition) is 4. The summed E-state index contributed by atoms with van der Waals surface area (Å²) in [6, 6.07) is 12.8. The monoisotopic (exact) mass is 371 g/mol. The van der Waals surface area contributed by atoms with Gasteiger partial charge in [0.15, 0.2) is 0 Å². The molecule has 1 amide bonds. The van der Waals surface area contributed by atoms with E-state index in [2.05, 4.69) is 36.1 Å². The summed E-state index contributed by atoms with van der Waals surface area (Å²) >= 11 is 5.86. The summed E-state index contributed by atoms with van der Waals surface area (Å²) in [6.07, 6.45) is 0.922. The molecule has 2 aliphatic rings. The average Bonchev–Trinajstić information content (AvgIpc) is 3.03. The van der Waals surface area contributed by atoms with Gasteiger partial charge in [-0.05, 0) is 61.5 Å². The van der Waals surface area contributed by atoms with E-state index in [1.165, 1.54) is 11.3 Å². The number of halogens is 1. The summed E-state index contributed by atoms with van der Waals surface area (Å²) < 4.78 is 5.51. The predicted octanol–water partition coefficient (Wildman–Crippen LogP) is 4.32. The molecule has 0 radical (unpaired) electrons. The second-order valence-electron chi connectivity index (χ2n) is 7.33. The van der Waals surface area contributed by atoms with Crippen LogP contribution in [0.1, 0.15) is 18.9 Å². The lowest BCUT2D eigenvalue weighted by Gasteiger charge is -2.32. The topological polar surface area (TPSA) is 44.8 Å². The van der Waals surface area contributed by atoms with Crippen molar-refractivity contribution in [1.82, 2.24) is 4.90 Å². The maximum atomic E-state index is 12.2. The van der Waals surface area contributed by atoms with Gasteiger partial charge in [-0.2, -0.15) is 0 Å².